The molecule has 0 radical (unpaired) electrons. The van der Waals surface area contributed by atoms with Gasteiger partial charge in [-0.25, -0.2) is 0 Å². The summed E-state index contributed by atoms with van der Waals surface area (Å²) in [7, 11) is 0. The van der Waals surface area contributed by atoms with Crippen molar-refractivity contribution in [1.29, 1.82) is 0 Å². The van der Waals surface area contributed by atoms with Gasteiger partial charge in [-0.1, -0.05) is 56.7 Å². The van der Waals surface area contributed by atoms with Gasteiger partial charge in [0.2, 0.25) is 0 Å². The Kier molecular flexibility index (Phi) is 6.81. The molecule has 0 aliphatic heterocycles. The lowest BCUT2D eigenvalue weighted by Gasteiger charge is -1.90. The Morgan fingerprint density at radius 1 is 1.27 bits per heavy atom. The van der Waals surface area contributed by atoms with Gasteiger partial charge in [0.05, 0.1) is 0 Å². The Bertz CT molecular complexity index is 159. The molecule has 0 amide bonds. The van der Waals surface area contributed by atoms with Crippen LogP contribution in [0.4, 0.5) is 0 Å². The summed E-state index contributed by atoms with van der Waals surface area (Å²) in [5.74, 6) is 0. The third-order valence-corrected chi connectivity index (χ3v) is 1.48. The minimum atomic E-state index is 1.09. The van der Waals surface area contributed by atoms with Gasteiger partial charge in [-0.05, 0) is 12.8 Å². The van der Waals surface area contributed by atoms with Gasteiger partial charge in [-0.15, -0.1) is 0 Å². The number of rotatable bonds is 1. The van der Waals surface area contributed by atoms with Gasteiger partial charge in [0.15, 0.2) is 0 Å². The van der Waals surface area contributed by atoms with Gasteiger partial charge in [-0.3, -0.25) is 0 Å². The average Bonchev–Trinajstić information content (AvgIpc) is 2.35. The Morgan fingerprint density at radius 3 is 2.64 bits per heavy atom. The molecule has 0 aromatic heterocycles. The molecule has 0 saturated heterocycles. The standard InChI is InChI=1S/C9H12.C2H6/c1-2-9-7-5-3-4-6-8-9;1-2/h3-5,7-8H,2,6H2,1H3;1-2H3. The molecule has 0 unspecified atom stereocenters. The fraction of sp³-hybridized carbons (Fsp3) is 0.455. The van der Waals surface area contributed by atoms with Crippen molar-refractivity contribution in [3.8, 4) is 0 Å². The first-order valence-electron chi connectivity index (χ1n) is 4.45. The Hall–Kier alpha value is -0.780. The third-order valence-electron chi connectivity index (χ3n) is 1.48. The topological polar surface area (TPSA) is 0 Å². The highest BCUT2D eigenvalue weighted by molar-refractivity contribution is 5.25. The summed E-state index contributed by atoms with van der Waals surface area (Å²) in [4.78, 5) is 0. The van der Waals surface area contributed by atoms with E-state index in [0.29, 0.717) is 0 Å². The molecule has 0 heterocycles. The lowest BCUT2D eigenvalue weighted by molar-refractivity contribution is 1.13. The van der Waals surface area contributed by atoms with E-state index in [4.69, 9.17) is 0 Å². The molecular formula is C11H18. The Balaban J connectivity index is 0.000000461. The van der Waals surface area contributed by atoms with E-state index in [2.05, 4.69) is 37.3 Å². The van der Waals surface area contributed by atoms with Crippen molar-refractivity contribution >= 4 is 0 Å². The molecule has 0 N–H and O–H groups in total. The van der Waals surface area contributed by atoms with Gasteiger partial charge in [0.1, 0.15) is 0 Å². The summed E-state index contributed by atoms with van der Waals surface area (Å²) in [6.45, 7) is 6.18. The minimum absolute atomic E-state index is 1.09. The van der Waals surface area contributed by atoms with E-state index in [-0.39, 0.29) is 0 Å². The highest BCUT2D eigenvalue weighted by Gasteiger charge is 1.86. The maximum Gasteiger partial charge on any atom is -0.0160 e. The van der Waals surface area contributed by atoms with Crippen LogP contribution < -0.4 is 0 Å². The fourth-order valence-corrected chi connectivity index (χ4v) is 0.886. The second kappa shape index (κ2) is 7.33. The molecule has 11 heavy (non-hydrogen) atoms. The van der Waals surface area contributed by atoms with Crippen LogP contribution >= 0.6 is 0 Å². The maximum absolute atomic E-state index is 2.26. The van der Waals surface area contributed by atoms with Gasteiger partial charge in [0, 0.05) is 0 Å². The lowest BCUT2D eigenvalue weighted by Crippen LogP contribution is -1.70. The Morgan fingerprint density at radius 2 is 2.00 bits per heavy atom. The summed E-state index contributed by atoms with van der Waals surface area (Å²) in [5.41, 5.74) is 1.44. The van der Waals surface area contributed by atoms with Crippen LogP contribution in [0.1, 0.15) is 33.6 Å². The van der Waals surface area contributed by atoms with Crippen LogP contribution in [-0.4, -0.2) is 0 Å². The predicted molar refractivity (Wildman–Crippen MR) is 52.6 cm³/mol. The largest absolute Gasteiger partial charge is 0.0807 e. The van der Waals surface area contributed by atoms with Crippen LogP contribution in [0, 0.1) is 0 Å². The molecule has 62 valence electrons. The average molecular weight is 150 g/mol. The fourth-order valence-electron chi connectivity index (χ4n) is 0.886. The minimum Gasteiger partial charge on any atom is -0.0807 e. The van der Waals surface area contributed by atoms with Crippen molar-refractivity contribution in [3.63, 3.8) is 0 Å². The van der Waals surface area contributed by atoms with Crippen LogP contribution in [-0.2, 0) is 0 Å². The quantitative estimate of drug-likeness (QED) is 0.532. The van der Waals surface area contributed by atoms with E-state index in [9.17, 15) is 0 Å². The molecule has 0 bridgehead atoms. The van der Waals surface area contributed by atoms with Crippen LogP contribution in [0.15, 0.2) is 36.0 Å². The monoisotopic (exact) mass is 150 g/mol. The molecule has 1 aliphatic rings. The van der Waals surface area contributed by atoms with Gasteiger partial charge in [0.25, 0.3) is 0 Å². The SMILES string of the molecule is CC.CCC1=CCC=CC=C1. The molecule has 0 atom stereocenters. The first-order valence-corrected chi connectivity index (χ1v) is 4.45. The van der Waals surface area contributed by atoms with E-state index >= 15 is 0 Å². The number of hydrogen-bond donors (Lipinski definition) is 0. The van der Waals surface area contributed by atoms with Gasteiger partial charge < -0.3 is 0 Å². The first-order chi connectivity index (χ1) is 5.43. The second-order valence-electron chi connectivity index (χ2n) is 2.16. The second-order valence-corrected chi connectivity index (χ2v) is 2.16. The third kappa shape index (κ3) is 4.60. The molecule has 0 aromatic rings. The van der Waals surface area contributed by atoms with Crippen LogP contribution in [0.25, 0.3) is 0 Å². The summed E-state index contributed by atoms with van der Waals surface area (Å²) in [6, 6.07) is 0. The van der Waals surface area contributed by atoms with Crippen LogP contribution in [0.2, 0.25) is 0 Å². The molecular weight excluding hydrogens is 132 g/mol. The van der Waals surface area contributed by atoms with Crippen molar-refractivity contribution in [2.24, 2.45) is 0 Å². The maximum atomic E-state index is 2.26. The predicted octanol–water partition coefficient (Wildman–Crippen LogP) is 3.87. The number of hydrogen-bond acceptors (Lipinski definition) is 0. The highest BCUT2D eigenvalue weighted by atomic mass is 13.9. The lowest BCUT2D eigenvalue weighted by atomic mass is 10.2. The van der Waals surface area contributed by atoms with E-state index in [1.165, 1.54) is 5.57 Å². The molecule has 0 fully saturated rings. The number of allylic oxidation sites excluding steroid dienone is 6. The molecule has 0 heteroatoms. The van der Waals surface area contributed by atoms with Crippen molar-refractivity contribution in [2.75, 3.05) is 0 Å². The van der Waals surface area contributed by atoms with E-state index in [0.717, 1.165) is 12.8 Å². The van der Waals surface area contributed by atoms with E-state index in [1.807, 2.05) is 13.8 Å². The Labute approximate surface area is 70.3 Å². The molecule has 1 rings (SSSR count). The van der Waals surface area contributed by atoms with Gasteiger partial charge in [-0.2, -0.15) is 0 Å². The molecule has 0 nitrogen and oxygen atoms in total. The summed E-state index contributed by atoms with van der Waals surface area (Å²) >= 11 is 0. The summed E-state index contributed by atoms with van der Waals surface area (Å²) in [6.07, 6.45) is 13.0. The van der Waals surface area contributed by atoms with E-state index < -0.39 is 0 Å². The zero-order valence-electron chi connectivity index (χ0n) is 7.80. The molecule has 0 spiro atoms. The van der Waals surface area contributed by atoms with E-state index in [1.54, 1.807) is 0 Å². The van der Waals surface area contributed by atoms with Crippen molar-refractivity contribution in [1.82, 2.24) is 0 Å². The molecule has 0 aromatic carbocycles. The van der Waals surface area contributed by atoms with Crippen molar-refractivity contribution in [3.05, 3.63) is 36.0 Å². The zero-order valence-corrected chi connectivity index (χ0v) is 7.80. The van der Waals surface area contributed by atoms with Gasteiger partial charge >= 0.3 is 0 Å². The molecule has 1 aliphatic carbocycles. The van der Waals surface area contributed by atoms with Crippen molar-refractivity contribution in [2.45, 2.75) is 33.6 Å². The highest BCUT2D eigenvalue weighted by Crippen LogP contribution is 2.07. The summed E-state index contributed by atoms with van der Waals surface area (Å²) in [5, 5.41) is 0. The first kappa shape index (κ1) is 10.2. The normalized spacial score (nSPS) is 14.6. The molecule has 0 saturated carbocycles. The zero-order chi connectivity index (χ0) is 8.53. The smallest absolute Gasteiger partial charge is 0.0160 e. The van der Waals surface area contributed by atoms with Crippen LogP contribution in [0.3, 0.4) is 0 Å². The van der Waals surface area contributed by atoms with Crippen LogP contribution in [0.5, 0.6) is 0 Å². The van der Waals surface area contributed by atoms with Crippen molar-refractivity contribution < 1.29 is 0 Å². The summed E-state index contributed by atoms with van der Waals surface area (Å²) < 4.78 is 0.